The molecule has 1 aromatic rings. The van der Waals surface area contributed by atoms with Crippen molar-refractivity contribution in [1.82, 2.24) is 10.2 Å². The van der Waals surface area contributed by atoms with Crippen molar-refractivity contribution >= 4 is 23.2 Å². The van der Waals surface area contributed by atoms with Gasteiger partial charge in [0.25, 0.3) is 0 Å². The quantitative estimate of drug-likeness (QED) is 0.784. The maximum Gasteiger partial charge on any atom is 0.238 e. The number of carbonyl (C=O) groups excluding carboxylic acids is 1. The average molecular weight is 282 g/mol. The number of nitrogens with one attached hydrogen (secondary N) is 2. The van der Waals surface area contributed by atoms with Crippen molar-refractivity contribution in [2.75, 3.05) is 38.0 Å². The molecule has 0 atom stereocenters. The normalized spacial score (nSPS) is 15.6. The Labute approximate surface area is 119 Å². The molecule has 0 aliphatic carbocycles. The molecule has 2 N–H and O–H groups in total. The number of benzene rings is 1. The molecular weight excluding hydrogens is 262 g/mol. The molecule has 2 rings (SSSR count). The van der Waals surface area contributed by atoms with Crippen LogP contribution >= 0.6 is 11.6 Å². The van der Waals surface area contributed by atoms with E-state index in [-0.39, 0.29) is 5.91 Å². The zero-order chi connectivity index (χ0) is 13.5. The summed E-state index contributed by atoms with van der Waals surface area (Å²) in [4.78, 5) is 14.1. The molecule has 0 spiro atoms. The van der Waals surface area contributed by atoms with Gasteiger partial charge in [-0.25, -0.2) is 0 Å². The highest BCUT2D eigenvalue weighted by Gasteiger charge is 2.10. The number of carbonyl (C=O) groups is 1. The van der Waals surface area contributed by atoms with Crippen LogP contribution in [0.5, 0.6) is 0 Å². The Hall–Kier alpha value is -1.10. The Balaban J connectivity index is 1.61. The molecule has 5 heteroatoms. The third-order valence-corrected chi connectivity index (χ3v) is 3.43. The number of amides is 1. The van der Waals surface area contributed by atoms with Gasteiger partial charge < -0.3 is 15.5 Å². The third-order valence-electron chi connectivity index (χ3n) is 3.20. The van der Waals surface area contributed by atoms with E-state index in [1.54, 1.807) is 12.1 Å². The molecule has 0 aromatic heterocycles. The van der Waals surface area contributed by atoms with Gasteiger partial charge in [0.15, 0.2) is 0 Å². The Bertz CT molecular complexity index is 419. The van der Waals surface area contributed by atoms with Crippen molar-refractivity contribution in [2.24, 2.45) is 0 Å². The Morgan fingerprint density at radius 3 is 2.84 bits per heavy atom. The van der Waals surface area contributed by atoms with E-state index in [9.17, 15) is 4.79 Å². The smallest absolute Gasteiger partial charge is 0.238 e. The molecule has 104 valence electrons. The highest BCUT2D eigenvalue weighted by molar-refractivity contribution is 6.30. The number of hydrogen-bond acceptors (Lipinski definition) is 3. The number of hydrogen-bond donors (Lipinski definition) is 2. The van der Waals surface area contributed by atoms with Gasteiger partial charge in [0.2, 0.25) is 5.91 Å². The minimum atomic E-state index is -0.0383. The summed E-state index contributed by atoms with van der Waals surface area (Å²) < 4.78 is 0. The van der Waals surface area contributed by atoms with E-state index < -0.39 is 0 Å². The fourth-order valence-corrected chi connectivity index (χ4v) is 2.41. The first-order chi connectivity index (χ1) is 9.24. The molecule has 1 heterocycles. The van der Waals surface area contributed by atoms with Crippen LogP contribution in [0.2, 0.25) is 5.02 Å². The topological polar surface area (TPSA) is 44.4 Å². The van der Waals surface area contributed by atoms with E-state index in [4.69, 9.17) is 11.6 Å². The second-order valence-electron chi connectivity index (χ2n) is 4.78. The molecule has 0 saturated carbocycles. The SMILES string of the molecule is O=C(CNCCN1CCCC1)Nc1cccc(Cl)c1. The van der Waals surface area contributed by atoms with Crippen LogP contribution in [0.3, 0.4) is 0 Å². The molecule has 0 unspecified atom stereocenters. The third kappa shape index (κ3) is 5.19. The molecule has 1 fully saturated rings. The van der Waals surface area contributed by atoms with Crippen molar-refractivity contribution < 1.29 is 4.79 Å². The van der Waals surface area contributed by atoms with Gasteiger partial charge in [0.05, 0.1) is 6.54 Å². The summed E-state index contributed by atoms with van der Waals surface area (Å²) in [6.07, 6.45) is 2.60. The van der Waals surface area contributed by atoms with E-state index in [0.29, 0.717) is 11.6 Å². The molecule has 1 aliphatic rings. The number of rotatable bonds is 6. The van der Waals surface area contributed by atoms with Gasteiger partial charge in [-0.15, -0.1) is 0 Å². The first kappa shape index (κ1) is 14.3. The molecule has 1 aromatic carbocycles. The maximum atomic E-state index is 11.7. The van der Waals surface area contributed by atoms with Gasteiger partial charge in [-0.2, -0.15) is 0 Å². The maximum absolute atomic E-state index is 11.7. The van der Waals surface area contributed by atoms with Crippen molar-refractivity contribution in [3.05, 3.63) is 29.3 Å². The number of likely N-dealkylation sites (tertiary alicyclic amines) is 1. The second kappa shape index (κ2) is 7.48. The van der Waals surface area contributed by atoms with E-state index in [0.717, 1.165) is 18.8 Å². The van der Waals surface area contributed by atoms with E-state index in [1.165, 1.54) is 25.9 Å². The van der Waals surface area contributed by atoms with Gasteiger partial charge >= 0.3 is 0 Å². The Morgan fingerprint density at radius 2 is 2.11 bits per heavy atom. The van der Waals surface area contributed by atoms with Crippen molar-refractivity contribution in [2.45, 2.75) is 12.8 Å². The largest absolute Gasteiger partial charge is 0.325 e. The van der Waals surface area contributed by atoms with Crippen LogP contribution in [0, 0.1) is 0 Å². The zero-order valence-electron chi connectivity index (χ0n) is 11.0. The van der Waals surface area contributed by atoms with Gasteiger partial charge in [0, 0.05) is 23.8 Å². The zero-order valence-corrected chi connectivity index (χ0v) is 11.7. The van der Waals surface area contributed by atoms with Gasteiger partial charge in [-0.3, -0.25) is 4.79 Å². The molecule has 0 bridgehead atoms. The standard InChI is InChI=1S/C14H20ClN3O/c15-12-4-3-5-13(10-12)17-14(19)11-16-6-9-18-7-1-2-8-18/h3-5,10,16H,1-2,6-9,11H2,(H,17,19). The van der Waals surface area contributed by atoms with Gasteiger partial charge in [-0.1, -0.05) is 17.7 Å². The molecule has 1 aliphatic heterocycles. The van der Waals surface area contributed by atoms with E-state index in [2.05, 4.69) is 15.5 Å². The lowest BCUT2D eigenvalue weighted by Crippen LogP contribution is -2.34. The van der Waals surface area contributed by atoms with Crippen molar-refractivity contribution in [3.63, 3.8) is 0 Å². The summed E-state index contributed by atoms with van der Waals surface area (Å²) in [6, 6.07) is 7.17. The van der Waals surface area contributed by atoms with Crippen LogP contribution in [0.15, 0.2) is 24.3 Å². The molecule has 1 saturated heterocycles. The lowest BCUT2D eigenvalue weighted by molar-refractivity contribution is -0.115. The molecule has 19 heavy (non-hydrogen) atoms. The van der Waals surface area contributed by atoms with Crippen molar-refractivity contribution in [1.29, 1.82) is 0 Å². The average Bonchev–Trinajstić information content (AvgIpc) is 2.88. The number of anilines is 1. The summed E-state index contributed by atoms with van der Waals surface area (Å²) in [7, 11) is 0. The van der Waals surface area contributed by atoms with Gasteiger partial charge in [-0.05, 0) is 44.1 Å². The van der Waals surface area contributed by atoms with Crippen LogP contribution in [-0.4, -0.2) is 43.5 Å². The molecule has 1 amide bonds. The fraction of sp³-hybridized carbons (Fsp3) is 0.500. The van der Waals surface area contributed by atoms with E-state index in [1.807, 2.05) is 12.1 Å². The summed E-state index contributed by atoms with van der Waals surface area (Å²) in [6.45, 7) is 4.58. The minimum Gasteiger partial charge on any atom is -0.325 e. The summed E-state index contributed by atoms with van der Waals surface area (Å²) in [5.41, 5.74) is 0.735. The Morgan fingerprint density at radius 1 is 1.32 bits per heavy atom. The predicted molar refractivity (Wildman–Crippen MR) is 78.6 cm³/mol. The first-order valence-corrected chi connectivity index (χ1v) is 7.10. The van der Waals surface area contributed by atoms with Crippen LogP contribution < -0.4 is 10.6 Å². The summed E-state index contributed by atoms with van der Waals surface area (Å²) >= 11 is 5.86. The molecule has 4 nitrogen and oxygen atoms in total. The lowest BCUT2D eigenvalue weighted by Gasteiger charge is -2.14. The highest BCUT2D eigenvalue weighted by Crippen LogP contribution is 2.14. The predicted octanol–water partition coefficient (Wildman–Crippen LogP) is 1.96. The Kier molecular flexibility index (Phi) is 5.63. The number of halogens is 1. The first-order valence-electron chi connectivity index (χ1n) is 6.72. The van der Waals surface area contributed by atoms with Gasteiger partial charge in [0.1, 0.15) is 0 Å². The molecule has 0 radical (unpaired) electrons. The van der Waals surface area contributed by atoms with Crippen molar-refractivity contribution in [3.8, 4) is 0 Å². The monoisotopic (exact) mass is 281 g/mol. The molecular formula is C14H20ClN3O. The highest BCUT2D eigenvalue weighted by atomic mass is 35.5. The van der Waals surface area contributed by atoms with E-state index >= 15 is 0 Å². The minimum absolute atomic E-state index is 0.0383. The van der Waals surface area contributed by atoms with Crippen LogP contribution in [-0.2, 0) is 4.79 Å². The second-order valence-corrected chi connectivity index (χ2v) is 5.22. The fourth-order valence-electron chi connectivity index (χ4n) is 2.22. The van der Waals surface area contributed by atoms with Crippen LogP contribution in [0.4, 0.5) is 5.69 Å². The summed E-state index contributed by atoms with van der Waals surface area (Å²) in [5.74, 6) is -0.0383. The van der Waals surface area contributed by atoms with Crippen LogP contribution in [0.1, 0.15) is 12.8 Å². The van der Waals surface area contributed by atoms with Crippen LogP contribution in [0.25, 0.3) is 0 Å². The number of nitrogens with zero attached hydrogens (tertiary/aromatic N) is 1. The summed E-state index contributed by atoms with van der Waals surface area (Å²) in [5, 5.41) is 6.60. The lowest BCUT2D eigenvalue weighted by atomic mass is 10.3.